The second kappa shape index (κ2) is 10.8. The first-order chi connectivity index (χ1) is 20.4. The number of carbonyl (C=O) groups is 2. The number of halogens is 6. The van der Waals surface area contributed by atoms with E-state index in [1.54, 1.807) is 24.0 Å². The smallest absolute Gasteiger partial charge is 0.418 e. The van der Waals surface area contributed by atoms with Crippen molar-refractivity contribution < 1.29 is 45.8 Å². The van der Waals surface area contributed by atoms with Crippen molar-refractivity contribution in [1.29, 1.82) is 0 Å². The first-order valence-corrected chi connectivity index (χ1v) is 15.1. The number of Topliss-reactive ketones (excluding diaryl/α,β-unsaturated/α-hetero) is 1. The summed E-state index contributed by atoms with van der Waals surface area (Å²) < 4.78 is 92.2. The number of ketones is 1. The lowest BCUT2D eigenvalue weighted by molar-refractivity contribution is -0.163. The number of nitrogens with zero attached hydrogens (tertiary/aromatic N) is 1. The molecule has 12 heteroatoms. The monoisotopic (exact) mass is 641 g/mol. The predicted octanol–water partition coefficient (Wildman–Crippen LogP) is 8.21. The fourth-order valence-corrected chi connectivity index (χ4v) is 8.77. The highest BCUT2D eigenvalue weighted by Gasteiger charge is 2.78. The van der Waals surface area contributed by atoms with Gasteiger partial charge in [0.2, 0.25) is 0 Å². The van der Waals surface area contributed by atoms with Gasteiger partial charge in [0.25, 0.3) is 0 Å². The molecule has 44 heavy (non-hydrogen) atoms. The number of alkyl halides is 6. The van der Waals surface area contributed by atoms with Crippen LogP contribution < -0.4 is 4.74 Å². The SMILES string of the molecule is COc1ccccc1Sc1ccc(/C=C/C23C(=O)C(C)(N4CCCC4C(=O)O)CCC2C3(C)C)c(C(F)(F)F)c1C(F)(F)F. The Kier molecular flexibility index (Phi) is 7.97. The number of hydrogen-bond donors (Lipinski definition) is 1. The zero-order valence-electron chi connectivity index (χ0n) is 24.6. The fourth-order valence-electron chi connectivity index (χ4n) is 7.68. The van der Waals surface area contributed by atoms with E-state index in [1.165, 1.54) is 25.3 Å². The van der Waals surface area contributed by atoms with E-state index in [-0.39, 0.29) is 22.3 Å². The van der Waals surface area contributed by atoms with Gasteiger partial charge in [-0.3, -0.25) is 14.5 Å². The molecule has 1 heterocycles. The summed E-state index contributed by atoms with van der Waals surface area (Å²) in [4.78, 5) is 27.6. The van der Waals surface area contributed by atoms with Crippen LogP contribution in [0.2, 0.25) is 0 Å². The zero-order chi connectivity index (χ0) is 32.5. The average molecular weight is 642 g/mol. The van der Waals surface area contributed by atoms with Crippen molar-refractivity contribution in [3.63, 3.8) is 0 Å². The minimum absolute atomic E-state index is 0.214. The Morgan fingerprint density at radius 2 is 1.66 bits per heavy atom. The number of carbonyl (C=O) groups excluding carboxylic acids is 1. The molecule has 2 aromatic rings. The Morgan fingerprint density at radius 3 is 2.27 bits per heavy atom. The molecule has 0 aromatic heterocycles. The van der Waals surface area contributed by atoms with Crippen LogP contribution in [0.3, 0.4) is 0 Å². The molecule has 3 fully saturated rings. The third-order valence-corrected chi connectivity index (χ3v) is 11.1. The molecule has 4 unspecified atom stereocenters. The number of methoxy groups -OCH3 is 1. The third-order valence-electron chi connectivity index (χ3n) is 9.94. The van der Waals surface area contributed by atoms with E-state index in [1.807, 2.05) is 13.8 Å². The molecule has 0 radical (unpaired) electrons. The van der Waals surface area contributed by atoms with Crippen LogP contribution in [-0.2, 0) is 21.9 Å². The van der Waals surface area contributed by atoms with Gasteiger partial charge in [-0.25, -0.2) is 0 Å². The van der Waals surface area contributed by atoms with Crippen molar-refractivity contribution in [1.82, 2.24) is 4.90 Å². The topological polar surface area (TPSA) is 66.8 Å². The van der Waals surface area contributed by atoms with E-state index < -0.39 is 62.3 Å². The molecule has 3 aliphatic rings. The van der Waals surface area contributed by atoms with E-state index in [4.69, 9.17) is 4.74 Å². The standard InChI is InChI=1S/C32H33F6NO4S/c1-28(2)23-14-15-29(3,39-17-7-8-19(39)26(40)41)27(42)30(23,28)16-13-18-11-12-22(44-21-10-6-5-9-20(21)43-4)25(32(36,37)38)24(18)31(33,34)35/h5-6,9-13,16,19,23H,7-8,14-15,17H2,1-4H3,(H,40,41)/b16-13+. The number of carboxylic acids is 1. The van der Waals surface area contributed by atoms with Crippen LogP contribution in [0.15, 0.2) is 52.3 Å². The summed E-state index contributed by atoms with van der Waals surface area (Å²) in [6.07, 6.45) is -6.49. The summed E-state index contributed by atoms with van der Waals surface area (Å²) in [5.74, 6) is -1.37. The lowest BCUT2D eigenvalue weighted by Gasteiger charge is -2.44. The van der Waals surface area contributed by atoms with Gasteiger partial charge in [0, 0.05) is 11.4 Å². The summed E-state index contributed by atoms with van der Waals surface area (Å²) in [5, 5.41) is 9.78. The van der Waals surface area contributed by atoms with Crippen molar-refractivity contribution in [3.05, 3.63) is 59.2 Å². The van der Waals surface area contributed by atoms with Gasteiger partial charge in [0.05, 0.1) is 34.1 Å². The number of hydrogen-bond acceptors (Lipinski definition) is 5. The fraction of sp³-hybridized carbons (Fsp3) is 0.500. The summed E-state index contributed by atoms with van der Waals surface area (Å²) in [6.45, 7) is 5.72. The van der Waals surface area contributed by atoms with Crippen LogP contribution in [0.1, 0.15) is 63.1 Å². The lowest BCUT2D eigenvalue weighted by atomic mass is 9.72. The van der Waals surface area contributed by atoms with Crippen LogP contribution in [0.25, 0.3) is 6.08 Å². The van der Waals surface area contributed by atoms with Gasteiger partial charge in [-0.15, -0.1) is 0 Å². The van der Waals surface area contributed by atoms with E-state index in [0.29, 0.717) is 44.0 Å². The molecule has 2 aliphatic carbocycles. The Morgan fingerprint density at radius 1 is 1.00 bits per heavy atom. The van der Waals surface area contributed by atoms with E-state index in [2.05, 4.69) is 0 Å². The minimum atomic E-state index is -5.37. The molecule has 0 bridgehead atoms. The van der Waals surface area contributed by atoms with Crippen molar-refractivity contribution in [2.45, 2.75) is 80.2 Å². The highest BCUT2D eigenvalue weighted by molar-refractivity contribution is 7.99. The van der Waals surface area contributed by atoms with Crippen molar-refractivity contribution in [2.75, 3.05) is 13.7 Å². The van der Waals surface area contributed by atoms with Gasteiger partial charge in [0.15, 0.2) is 5.78 Å². The van der Waals surface area contributed by atoms with Crippen LogP contribution in [0.4, 0.5) is 26.3 Å². The molecule has 5 nitrogen and oxygen atoms in total. The first kappa shape index (κ1) is 32.4. The largest absolute Gasteiger partial charge is 0.496 e. The minimum Gasteiger partial charge on any atom is -0.496 e. The number of allylic oxidation sites excluding steroid dienone is 1. The number of rotatable bonds is 7. The van der Waals surface area contributed by atoms with Crippen LogP contribution >= 0.6 is 11.8 Å². The molecule has 1 aliphatic heterocycles. The second-order valence-corrected chi connectivity index (χ2v) is 13.5. The quantitative estimate of drug-likeness (QED) is 0.308. The first-order valence-electron chi connectivity index (χ1n) is 14.3. The Bertz CT molecular complexity index is 1520. The highest BCUT2D eigenvalue weighted by atomic mass is 32.2. The normalized spacial score (nSPS) is 28.7. The van der Waals surface area contributed by atoms with E-state index >= 15 is 0 Å². The molecule has 1 saturated heterocycles. The molecule has 0 spiro atoms. The maximum absolute atomic E-state index is 14.6. The van der Waals surface area contributed by atoms with Crippen LogP contribution in [-0.4, -0.2) is 47.0 Å². The Hall–Kier alpha value is -2.99. The molecular weight excluding hydrogens is 608 g/mol. The second-order valence-electron chi connectivity index (χ2n) is 12.5. The number of carboxylic acid groups (broad SMARTS) is 1. The van der Waals surface area contributed by atoms with Gasteiger partial charge in [0.1, 0.15) is 11.8 Å². The molecule has 1 N–H and O–H groups in total. The predicted molar refractivity (Wildman–Crippen MR) is 152 cm³/mol. The molecule has 0 amide bonds. The number of benzene rings is 2. The van der Waals surface area contributed by atoms with Gasteiger partial charge in [-0.2, -0.15) is 26.3 Å². The summed E-state index contributed by atoms with van der Waals surface area (Å²) in [6, 6.07) is 7.25. The third kappa shape index (κ3) is 5.02. The number of aliphatic carboxylic acids is 1. The molecular formula is C32H33F6NO4S. The molecule has 238 valence electrons. The molecule has 2 aromatic carbocycles. The van der Waals surface area contributed by atoms with E-state index in [9.17, 15) is 41.0 Å². The number of para-hydroxylation sites is 1. The summed E-state index contributed by atoms with van der Waals surface area (Å²) >= 11 is 0.525. The Balaban J connectivity index is 1.61. The van der Waals surface area contributed by atoms with Gasteiger partial charge >= 0.3 is 18.3 Å². The molecule has 2 saturated carbocycles. The zero-order valence-corrected chi connectivity index (χ0v) is 25.4. The lowest BCUT2D eigenvalue weighted by Crippen LogP contribution is -2.60. The number of likely N-dealkylation sites (tertiary alicyclic amines) is 1. The molecule has 4 atom stereocenters. The van der Waals surface area contributed by atoms with Crippen molar-refractivity contribution in [3.8, 4) is 5.75 Å². The maximum Gasteiger partial charge on any atom is 0.418 e. The average Bonchev–Trinajstić information content (AvgIpc) is 3.23. The van der Waals surface area contributed by atoms with E-state index in [0.717, 1.165) is 18.2 Å². The van der Waals surface area contributed by atoms with Gasteiger partial charge < -0.3 is 9.84 Å². The maximum atomic E-state index is 14.6. The molecule has 5 rings (SSSR count). The summed E-state index contributed by atoms with van der Waals surface area (Å²) in [7, 11) is 1.31. The highest BCUT2D eigenvalue weighted by Crippen LogP contribution is 2.76. The van der Waals surface area contributed by atoms with Crippen LogP contribution in [0.5, 0.6) is 5.75 Å². The number of ether oxygens (including phenoxy) is 1. The van der Waals surface area contributed by atoms with Gasteiger partial charge in [-0.1, -0.05) is 56.0 Å². The number of fused-ring (bicyclic) bond motifs is 1. The van der Waals surface area contributed by atoms with Gasteiger partial charge in [-0.05, 0) is 67.7 Å². The van der Waals surface area contributed by atoms with Crippen LogP contribution in [0, 0.1) is 16.7 Å². The summed E-state index contributed by atoms with van der Waals surface area (Å²) in [5.41, 5.74) is -7.45. The van der Waals surface area contributed by atoms with Crippen molar-refractivity contribution >= 4 is 29.6 Å². The van der Waals surface area contributed by atoms with Crippen molar-refractivity contribution in [2.24, 2.45) is 16.7 Å². The Labute approximate surface area is 255 Å².